The van der Waals surface area contributed by atoms with Crippen LogP contribution in [0.1, 0.15) is 19.3 Å². The maximum Gasteiger partial charge on any atom is 0.269 e. The van der Waals surface area contributed by atoms with Gasteiger partial charge in [-0.3, -0.25) is 14.9 Å². The first-order valence-electron chi connectivity index (χ1n) is 8.04. The van der Waals surface area contributed by atoms with Gasteiger partial charge in [0.25, 0.3) is 5.69 Å². The standard InChI is InChI=1S/C16H21N3O4.ClH/c20-16(12-5-8-17-11-12)18-9-6-15(7-10-18)23-14-3-1-13(2-4-14)19(21)22;/h1-4,12,15,17H,5-11H2;1H. The molecule has 2 aliphatic rings. The molecule has 0 spiro atoms. The highest BCUT2D eigenvalue weighted by Gasteiger charge is 2.30. The van der Waals surface area contributed by atoms with Gasteiger partial charge in [-0.1, -0.05) is 0 Å². The van der Waals surface area contributed by atoms with Gasteiger partial charge in [0.15, 0.2) is 0 Å². The first kappa shape index (κ1) is 18.5. The summed E-state index contributed by atoms with van der Waals surface area (Å²) < 4.78 is 5.87. The Balaban J connectivity index is 0.00000208. The number of ether oxygens (including phenoxy) is 1. The van der Waals surface area contributed by atoms with E-state index in [1.54, 1.807) is 12.1 Å². The minimum atomic E-state index is -0.425. The Morgan fingerprint density at radius 1 is 1.21 bits per heavy atom. The fraction of sp³-hybridized carbons (Fsp3) is 0.562. The van der Waals surface area contributed by atoms with Crippen molar-refractivity contribution in [2.45, 2.75) is 25.4 Å². The third-order valence-electron chi connectivity index (χ3n) is 4.51. The van der Waals surface area contributed by atoms with Crippen molar-refractivity contribution in [2.24, 2.45) is 5.92 Å². The van der Waals surface area contributed by atoms with Crippen LogP contribution in [0.25, 0.3) is 0 Å². The Bertz CT molecular complexity index is 567. The number of carbonyl (C=O) groups is 1. The summed E-state index contributed by atoms with van der Waals surface area (Å²) in [6.45, 7) is 3.15. The molecule has 8 heteroatoms. The van der Waals surface area contributed by atoms with Crippen LogP contribution in [0.5, 0.6) is 5.75 Å². The summed E-state index contributed by atoms with van der Waals surface area (Å²) >= 11 is 0. The van der Waals surface area contributed by atoms with Crippen LogP contribution in [0.4, 0.5) is 5.69 Å². The molecule has 2 fully saturated rings. The van der Waals surface area contributed by atoms with Crippen LogP contribution in [-0.4, -0.2) is 48.0 Å². The number of nitro benzene ring substituents is 1. The van der Waals surface area contributed by atoms with Gasteiger partial charge in [-0.15, -0.1) is 12.4 Å². The Morgan fingerprint density at radius 3 is 2.42 bits per heavy atom. The third-order valence-corrected chi connectivity index (χ3v) is 4.51. The van der Waals surface area contributed by atoms with E-state index in [2.05, 4.69) is 5.32 Å². The monoisotopic (exact) mass is 355 g/mol. The largest absolute Gasteiger partial charge is 0.490 e. The second-order valence-electron chi connectivity index (χ2n) is 6.08. The van der Waals surface area contributed by atoms with Gasteiger partial charge >= 0.3 is 0 Å². The molecular weight excluding hydrogens is 334 g/mol. The number of halogens is 1. The van der Waals surface area contributed by atoms with Crippen LogP contribution >= 0.6 is 12.4 Å². The molecule has 0 saturated carbocycles. The fourth-order valence-electron chi connectivity index (χ4n) is 3.16. The molecule has 0 radical (unpaired) electrons. The molecule has 1 aromatic rings. The normalized spacial score (nSPS) is 21.2. The SMILES string of the molecule is Cl.O=C(C1CCNC1)N1CCC(Oc2ccc([N+](=O)[O-])cc2)CC1. The number of non-ortho nitro benzene ring substituents is 1. The Hall–Kier alpha value is -1.86. The number of nitrogens with one attached hydrogen (secondary N) is 1. The average Bonchev–Trinajstić information content (AvgIpc) is 3.10. The van der Waals surface area contributed by atoms with Crippen LogP contribution in [-0.2, 0) is 4.79 Å². The van der Waals surface area contributed by atoms with Crippen molar-refractivity contribution in [3.05, 3.63) is 34.4 Å². The molecular formula is C16H22ClN3O4. The summed E-state index contributed by atoms with van der Waals surface area (Å²) in [7, 11) is 0. The number of rotatable bonds is 4. The van der Waals surface area contributed by atoms with Crippen LogP contribution in [0.3, 0.4) is 0 Å². The zero-order valence-corrected chi connectivity index (χ0v) is 14.2. The maximum atomic E-state index is 12.3. The van der Waals surface area contributed by atoms with Gasteiger partial charge in [-0.05, 0) is 25.1 Å². The van der Waals surface area contributed by atoms with E-state index < -0.39 is 4.92 Å². The molecule has 0 aromatic heterocycles. The van der Waals surface area contributed by atoms with E-state index in [1.807, 2.05) is 4.90 Å². The molecule has 2 heterocycles. The maximum absolute atomic E-state index is 12.3. The number of nitro groups is 1. The van der Waals surface area contributed by atoms with E-state index in [-0.39, 0.29) is 36.0 Å². The minimum absolute atomic E-state index is 0. The summed E-state index contributed by atoms with van der Waals surface area (Å²) in [5, 5.41) is 13.9. The van der Waals surface area contributed by atoms with Crippen molar-refractivity contribution in [2.75, 3.05) is 26.2 Å². The van der Waals surface area contributed by atoms with Gasteiger partial charge in [-0.25, -0.2) is 0 Å². The summed E-state index contributed by atoms with van der Waals surface area (Å²) in [5.41, 5.74) is 0.0583. The second kappa shape index (κ2) is 8.30. The highest BCUT2D eigenvalue weighted by atomic mass is 35.5. The van der Waals surface area contributed by atoms with Gasteiger partial charge < -0.3 is 15.0 Å². The lowest BCUT2D eigenvalue weighted by molar-refractivity contribution is -0.384. The number of hydrogen-bond donors (Lipinski definition) is 1. The minimum Gasteiger partial charge on any atom is -0.490 e. The van der Waals surface area contributed by atoms with Crippen molar-refractivity contribution in [1.29, 1.82) is 0 Å². The smallest absolute Gasteiger partial charge is 0.269 e. The van der Waals surface area contributed by atoms with Gasteiger partial charge in [0.2, 0.25) is 5.91 Å². The molecule has 1 unspecified atom stereocenters. The van der Waals surface area contributed by atoms with E-state index in [1.165, 1.54) is 12.1 Å². The van der Waals surface area contributed by atoms with Crippen molar-refractivity contribution in [3.8, 4) is 5.75 Å². The quantitative estimate of drug-likeness (QED) is 0.659. The Labute approximate surface area is 146 Å². The van der Waals surface area contributed by atoms with Gasteiger partial charge in [0, 0.05) is 44.6 Å². The van der Waals surface area contributed by atoms with Crippen LogP contribution in [0.15, 0.2) is 24.3 Å². The van der Waals surface area contributed by atoms with Crippen molar-refractivity contribution < 1.29 is 14.5 Å². The predicted molar refractivity (Wildman–Crippen MR) is 91.6 cm³/mol. The number of carbonyl (C=O) groups excluding carboxylic acids is 1. The summed E-state index contributed by atoms with van der Waals surface area (Å²) in [6.07, 6.45) is 2.58. The second-order valence-corrected chi connectivity index (χ2v) is 6.08. The first-order chi connectivity index (χ1) is 11.1. The van der Waals surface area contributed by atoms with E-state index >= 15 is 0 Å². The molecule has 2 aliphatic heterocycles. The zero-order valence-electron chi connectivity index (χ0n) is 13.3. The summed E-state index contributed by atoms with van der Waals surface area (Å²) in [6, 6.07) is 6.14. The summed E-state index contributed by atoms with van der Waals surface area (Å²) in [5.74, 6) is 1.02. The molecule has 2 saturated heterocycles. The molecule has 1 aromatic carbocycles. The predicted octanol–water partition coefficient (Wildman–Crippen LogP) is 2.00. The van der Waals surface area contributed by atoms with Gasteiger partial charge in [0.05, 0.1) is 10.8 Å². The number of benzene rings is 1. The van der Waals surface area contributed by atoms with Crippen LogP contribution in [0.2, 0.25) is 0 Å². The Morgan fingerprint density at radius 2 is 1.88 bits per heavy atom. The number of likely N-dealkylation sites (tertiary alicyclic amines) is 1. The lowest BCUT2D eigenvalue weighted by Crippen LogP contribution is -2.44. The molecule has 132 valence electrons. The third kappa shape index (κ3) is 4.36. The molecule has 0 bridgehead atoms. The van der Waals surface area contributed by atoms with Crippen LogP contribution < -0.4 is 10.1 Å². The number of hydrogen-bond acceptors (Lipinski definition) is 5. The van der Waals surface area contributed by atoms with E-state index in [0.29, 0.717) is 18.8 Å². The zero-order chi connectivity index (χ0) is 16.2. The topological polar surface area (TPSA) is 84.7 Å². The number of piperidine rings is 1. The first-order valence-corrected chi connectivity index (χ1v) is 8.04. The van der Waals surface area contributed by atoms with Crippen molar-refractivity contribution in [3.63, 3.8) is 0 Å². The highest BCUT2D eigenvalue weighted by molar-refractivity contribution is 5.85. The molecule has 3 rings (SSSR count). The highest BCUT2D eigenvalue weighted by Crippen LogP contribution is 2.23. The van der Waals surface area contributed by atoms with E-state index in [9.17, 15) is 14.9 Å². The fourth-order valence-corrected chi connectivity index (χ4v) is 3.16. The lowest BCUT2D eigenvalue weighted by Gasteiger charge is -2.33. The Kier molecular flexibility index (Phi) is 6.39. The molecule has 7 nitrogen and oxygen atoms in total. The van der Waals surface area contributed by atoms with E-state index in [0.717, 1.165) is 32.4 Å². The average molecular weight is 356 g/mol. The molecule has 0 aliphatic carbocycles. The van der Waals surface area contributed by atoms with Crippen molar-refractivity contribution >= 4 is 24.0 Å². The lowest BCUT2D eigenvalue weighted by atomic mass is 10.0. The van der Waals surface area contributed by atoms with E-state index in [4.69, 9.17) is 4.74 Å². The van der Waals surface area contributed by atoms with Gasteiger partial charge in [0.1, 0.15) is 11.9 Å². The van der Waals surface area contributed by atoms with Gasteiger partial charge in [-0.2, -0.15) is 0 Å². The molecule has 24 heavy (non-hydrogen) atoms. The number of nitrogens with zero attached hydrogens (tertiary/aromatic N) is 2. The molecule has 1 atom stereocenters. The summed E-state index contributed by atoms with van der Waals surface area (Å²) in [4.78, 5) is 24.5. The molecule has 1 amide bonds. The number of amides is 1. The van der Waals surface area contributed by atoms with Crippen molar-refractivity contribution in [1.82, 2.24) is 10.2 Å². The van der Waals surface area contributed by atoms with Crippen LogP contribution in [0, 0.1) is 16.0 Å². The molecule has 1 N–H and O–H groups in total.